The fourth-order valence-electron chi connectivity index (χ4n) is 3.37. The van der Waals surface area contributed by atoms with E-state index in [1.165, 1.54) is 25.7 Å². The van der Waals surface area contributed by atoms with Crippen LogP contribution in [0.1, 0.15) is 45.4 Å². The molecule has 18 heavy (non-hydrogen) atoms. The number of rotatable bonds is 4. The van der Waals surface area contributed by atoms with Crippen LogP contribution in [0.25, 0.3) is 0 Å². The second kappa shape index (κ2) is 5.68. The summed E-state index contributed by atoms with van der Waals surface area (Å²) in [5.41, 5.74) is 0.476. The number of nitrogens with zero attached hydrogens (tertiary/aromatic N) is 1. The predicted octanol–water partition coefficient (Wildman–Crippen LogP) is 2.85. The summed E-state index contributed by atoms with van der Waals surface area (Å²) in [5, 5.41) is 0. The average Bonchev–Trinajstić information content (AvgIpc) is 2.77. The third-order valence-corrected chi connectivity index (χ3v) is 7.27. The van der Waals surface area contributed by atoms with Crippen LogP contribution in [0, 0.1) is 11.3 Å². The Labute approximate surface area is 116 Å². The molecule has 0 aromatic rings. The van der Waals surface area contributed by atoms with Crippen molar-refractivity contribution in [2.75, 3.05) is 24.7 Å². The molecular weight excluding hydrogens is 270 g/mol. The average molecular weight is 294 g/mol. The number of sulfonamides is 1. The Balaban J connectivity index is 1.92. The van der Waals surface area contributed by atoms with Crippen LogP contribution in [0.4, 0.5) is 0 Å². The van der Waals surface area contributed by atoms with Gasteiger partial charge in [0.25, 0.3) is 0 Å². The number of hydrogen-bond acceptors (Lipinski definition) is 2. The third kappa shape index (κ3) is 3.20. The van der Waals surface area contributed by atoms with Gasteiger partial charge in [0.05, 0.1) is 5.75 Å². The van der Waals surface area contributed by atoms with E-state index in [2.05, 4.69) is 0 Å². The molecule has 1 atom stereocenters. The summed E-state index contributed by atoms with van der Waals surface area (Å²) in [6.07, 6.45) is 7.38. The van der Waals surface area contributed by atoms with Gasteiger partial charge >= 0.3 is 0 Å². The van der Waals surface area contributed by atoms with E-state index in [1.54, 1.807) is 4.31 Å². The highest BCUT2D eigenvalue weighted by atomic mass is 35.5. The topological polar surface area (TPSA) is 37.4 Å². The zero-order chi connectivity index (χ0) is 13.2. The number of alkyl halides is 1. The highest BCUT2D eigenvalue weighted by molar-refractivity contribution is 7.89. The molecule has 0 amide bonds. The van der Waals surface area contributed by atoms with Crippen LogP contribution in [0.15, 0.2) is 0 Å². The Morgan fingerprint density at radius 2 is 1.72 bits per heavy atom. The van der Waals surface area contributed by atoms with Gasteiger partial charge < -0.3 is 0 Å². The van der Waals surface area contributed by atoms with Crippen molar-refractivity contribution in [2.45, 2.75) is 45.4 Å². The summed E-state index contributed by atoms with van der Waals surface area (Å²) in [7, 11) is -3.09. The Hall–Kier alpha value is 0.200. The summed E-state index contributed by atoms with van der Waals surface area (Å²) in [6, 6.07) is 0. The molecule has 0 aromatic carbocycles. The molecule has 3 nitrogen and oxygen atoms in total. The lowest BCUT2D eigenvalue weighted by Gasteiger charge is -2.39. The summed E-state index contributed by atoms with van der Waals surface area (Å²) >= 11 is 5.71. The zero-order valence-electron chi connectivity index (χ0n) is 11.2. The van der Waals surface area contributed by atoms with E-state index >= 15 is 0 Å². The quantitative estimate of drug-likeness (QED) is 0.748. The number of piperidine rings is 1. The molecule has 1 unspecified atom stereocenters. The standard InChI is InChI=1S/C13H24ClNO2S/c1-12(10-14)11-18(16,17)15-8-6-13(7-9-15)4-2-3-5-13/h12H,2-11H2,1H3. The van der Waals surface area contributed by atoms with E-state index in [0.717, 1.165) is 25.9 Å². The Kier molecular flexibility index (Phi) is 4.61. The van der Waals surface area contributed by atoms with E-state index in [4.69, 9.17) is 11.6 Å². The Bertz CT molecular complexity index is 366. The minimum Gasteiger partial charge on any atom is -0.212 e. The second-order valence-corrected chi connectivity index (χ2v) is 8.47. The summed E-state index contributed by atoms with van der Waals surface area (Å²) in [5.74, 6) is 0.652. The van der Waals surface area contributed by atoms with Crippen molar-refractivity contribution < 1.29 is 8.42 Å². The summed E-state index contributed by atoms with van der Waals surface area (Å²) < 4.78 is 26.1. The largest absolute Gasteiger partial charge is 0.214 e. The molecule has 1 aliphatic heterocycles. The molecule has 1 spiro atoms. The molecule has 0 aromatic heterocycles. The molecule has 1 saturated carbocycles. The number of halogens is 1. The molecule has 1 heterocycles. The lowest BCUT2D eigenvalue weighted by molar-refractivity contribution is 0.160. The van der Waals surface area contributed by atoms with Gasteiger partial charge in [-0.1, -0.05) is 19.8 Å². The van der Waals surface area contributed by atoms with Crippen molar-refractivity contribution in [3.63, 3.8) is 0 Å². The van der Waals surface area contributed by atoms with Gasteiger partial charge in [0.2, 0.25) is 10.0 Å². The molecule has 1 aliphatic carbocycles. The molecule has 2 fully saturated rings. The predicted molar refractivity (Wildman–Crippen MR) is 75.4 cm³/mol. The first-order valence-electron chi connectivity index (χ1n) is 7.01. The Morgan fingerprint density at radius 3 is 2.22 bits per heavy atom. The van der Waals surface area contributed by atoms with Crippen LogP contribution in [0.3, 0.4) is 0 Å². The van der Waals surface area contributed by atoms with Crippen LogP contribution < -0.4 is 0 Å². The molecular formula is C13H24ClNO2S. The van der Waals surface area contributed by atoms with Crippen LogP contribution in [-0.2, 0) is 10.0 Å². The van der Waals surface area contributed by atoms with E-state index < -0.39 is 10.0 Å². The SMILES string of the molecule is CC(CCl)CS(=O)(=O)N1CCC2(CCCC2)CC1. The maximum absolute atomic E-state index is 12.2. The van der Waals surface area contributed by atoms with E-state index in [0.29, 0.717) is 11.3 Å². The van der Waals surface area contributed by atoms with Crippen molar-refractivity contribution in [3.8, 4) is 0 Å². The normalized spacial score (nSPS) is 26.6. The van der Waals surface area contributed by atoms with E-state index in [9.17, 15) is 8.42 Å². The molecule has 106 valence electrons. The highest BCUT2D eigenvalue weighted by Gasteiger charge is 2.39. The molecule has 0 bridgehead atoms. The van der Waals surface area contributed by atoms with Gasteiger partial charge in [-0.25, -0.2) is 12.7 Å². The van der Waals surface area contributed by atoms with Crippen LogP contribution in [0.5, 0.6) is 0 Å². The number of hydrogen-bond donors (Lipinski definition) is 0. The van der Waals surface area contributed by atoms with Gasteiger partial charge in [0.1, 0.15) is 0 Å². The van der Waals surface area contributed by atoms with Gasteiger partial charge in [-0.3, -0.25) is 0 Å². The molecule has 0 radical (unpaired) electrons. The monoisotopic (exact) mass is 293 g/mol. The van der Waals surface area contributed by atoms with Gasteiger partial charge in [-0.05, 0) is 37.0 Å². The highest BCUT2D eigenvalue weighted by Crippen LogP contribution is 2.46. The third-order valence-electron chi connectivity index (χ3n) is 4.60. The first kappa shape index (κ1) is 14.6. The lowest BCUT2D eigenvalue weighted by Crippen LogP contribution is -2.44. The van der Waals surface area contributed by atoms with E-state index in [-0.39, 0.29) is 11.7 Å². The van der Waals surface area contributed by atoms with Crippen LogP contribution in [0.2, 0.25) is 0 Å². The van der Waals surface area contributed by atoms with E-state index in [1.807, 2.05) is 6.92 Å². The van der Waals surface area contributed by atoms with Gasteiger partial charge in [-0.15, -0.1) is 11.6 Å². The maximum Gasteiger partial charge on any atom is 0.214 e. The zero-order valence-corrected chi connectivity index (χ0v) is 12.8. The molecule has 2 rings (SSSR count). The van der Waals surface area contributed by atoms with Crippen LogP contribution in [-0.4, -0.2) is 37.4 Å². The van der Waals surface area contributed by atoms with Crippen molar-refractivity contribution in [1.29, 1.82) is 0 Å². The van der Waals surface area contributed by atoms with Gasteiger partial charge in [-0.2, -0.15) is 0 Å². The molecule has 1 saturated heterocycles. The fourth-order valence-corrected chi connectivity index (χ4v) is 5.40. The smallest absolute Gasteiger partial charge is 0.212 e. The summed E-state index contributed by atoms with van der Waals surface area (Å²) in [4.78, 5) is 0. The maximum atomic E-state index is 12.2. The van der Waals surface area contributed by atoms with Crippen molar-refractivity contribution >= 4 is 21.6 Å². The second-order valence-electron chi connectivity index (χ2n) is 6.14. The molecule has 0 N–H and O–H groups in total. The van der Waals surface area contributed by atoms with Crippen LogP contribution >= 0.6 is 11.6 Å². The fraction of sp³-hybridized carbons (Fsp3) is 1.00. The van der Waals surface area contributed by atoms with Gasteiger partial charge in [0.15, 0.2) is 0 Å². The first-order chi connectivity index (χ1) is 8.47. The minimum absolute atomic E-state index is 0.0408. The van der Waals surface area contributed by atoms with Gasteiger partial charge in [0, 0.05) is 19.0 Å². The minimum atomic E-state index is -3.09. The van der Waals surface area contributed by atoms with Crippen molar-refractivity contribution in [3.05, 3.63) is 0 Å². The molecule has 5 heteroatoms. The molecule has 2 aliphatic rings. The Morgan fingerprint density at radius 1 is 1.17 bits per heavy atom. The summed E-state index contributed by atoms with van der Waals surface area (Å²) in [6.45, 7) is 3.33. The lowest BCUT2D eigenvalue weighted by atomic mass is 9.78. The first-order valence-corrected chi connectivity index (χ1v) is 9.16. The van der Waals surface area contributed by atoms with Crippen molar-refractivity contribution in [1.82, 2.24) is 4.31 Å². The van der Waals surface area contributed by atoms with Crippen molar-refractivity contribution in [2.24, 2.45) is 11.3 Å².